The summed E-state index contributed by atoms with van der Waals surface area (Å²) in [4.78, 5) is 36.3. The van der Waals surface area contributed by atoms with Crippen LogP contribution in [-0.2, 0) is 16.0 Å². The maximum atomic E-state index is 12.5. The van der Waals surface area contributed by atoms with Gasteiger partial charge in [-0.25, -0.2) is 4.79 Å². The number of hydrogen-bond acceptors (Lipinski definition) is 6. The van der Waals surface area contributed by atoms with Crippen LogP contribution in [-0.4, -0.2) is 31.7 Å². The van der Waals surface area contributed by atoms with Crippen LogP contribution in [0.15, 0.2) is 72.8 Å². The highest BCUT2D eigenvalue weighted by atomic mass is 16.7. The number of benzene rings is 3. The third-order valence-corrected chi connectivity index (χ3v) is 4.48. The molecule has 0 aliphatic heterocycles. The fraction of sp³-hybridized carbons (Fsp3) is 0.160. The first-order valence-corrected chi connectivity index (χ1v) is 10.3. The van der Waals surface area contributed by atoms with Crippen molar-refractivity contribution in [3.8, 4) is 11.5 Å². The highest BCUT2D eigenvalue weighted by molar-refractivity contribution is 6.04. The molecule has 0 aliphatic rings. The quantitative estimate of drug-likeness (QED) is 0.384. The van der Waals surface area contributed by atoms with Gasteiger partial charge in [-0.3, -0.25) is 9.59 Å². The van der Waals surface area contributed by atoms with Crippen LogP contribution >= 0.6 is 0 Å². The summed E-state index contributed by atoms with van der Waals surface area (Å²) in [7, 11) is 1.57. The van der Waals surface area contributed by atoms with Gasteiger partial charge < -0.3 is 24.8 Å². The fourth-order valence-electron chi connectivity index (χ4n) is 2.97. The van der Waals surface area contributed by atoms with Crippen LogP contribution in [0, 0.1) is 0 Å². The zero-order valence-corrected chi connectivity index (χ0v) is 18.3. The summed E-state index contributed by atoms with van der Waals surface area (Å²) >= 11 is 0. The van der Waals surface area contributed by atoms with E-state index in [-0.39, 0.29) is 30.6 Å². The van der Waals surface area contributed by atoms with Gasteiger partial charge in [0.1, 0.15) is 11.5 Å². The van der Waals surface area contributed by atoms with Crippen LogP contribution < -0.4 is 20.1 Å². The van der Waals surface area contributed by atoms with Gasteiger partial charge in [0.05, 0.1) is 20.1 Å². The molecular weight excluding hydrogens is 424 g/mol. The summed E-state index contributed by atoms with van der Waals surface area (Å²) in [5.74, 6) is 0.415. The Morgan fingerprint density at radius 2 is 1.52 bits per heavy atom. The molecule has 2 N–H and O–H groups in total. The average Bonchev–Trinajstić information content (AvgIpc) is 2.80. The van der Waals surface area contributed by atoms with E-state index in [0.717, 1.165) is 5.56 Å². The lowest BCUT2D eigenvalue weighted by molar-refractivity contribution is -0.115. The largest absolute Gasteiger partial charge is 0.513 e. The number of methoxy groups -OCH3 is 1. The van der Waals surface area contributed by atoms with Gasteiger partial charge in [0.15, 0.2) is 0 Å². The van der Waals surface area contributed by atoms with E-state index < -0.39 is 6.16 Å². The van der Waals surface area contributed by atoms with Crippen LogP contribution in [0.1, 0.15) is 22.8 Å². The van der Waals surface area contributed by atoms with E-state index in [2.05, 4.69) is 10.6 Å². The predicted octanol–water partition coefficient (Wildman–Crippen LogP) is 4.66. The molecule has 0 radical (unpaired) electrons. The van der Waals surface area contributed by atoms with Gasteiger partial charge in [-0.2, -0.15) is 0 Å². The van der Waals surface area contributed by atoms with Crippen molar-refractivity contribution in [2.45, 2.75) is 13.3 Å². The second kappa shape index (κ2) is 11.3. The van der Waals surface area contributed by atoms with Crippen LogP contribution in [0.4, 0.5) is 16.2 Å². The van der Waals surface area contributed by atoms with Crippen molar-refractivity contribution in [3.05, 3.63) is 83.9 Å². The molecule has 3 rings (SSSR count). The fourth-order valence-corrected chi connectivity index (χ4v) is 2.97. The number of amides is 2. The molecule has 0 aliphatic carbocycles. The number of ether oxygens (including phenoxy) is 3. The van der Waals surface area contributed by atoms with Crippen LogP contribution in [0.5, 0.6) is 11.5 Å². The maximum Gasteiger partial charge on any atom is 0.513 e. The Kier molecular flexibility index (Phi) is 8.02. The Hall–Kier alpha value is -4.33. The SMILES string of the molecule is CCOC(=O)Oc1ccc(C(=O)Nc2cccc(NC(=O)Cc3cccc(OC)c3)c2)cc1. The van der Waals surface area contributed by atoms with Crippen molar-refractivity contribution in [2.24, 2.45) is 0 Å². The Balaban J connectivity index is 1.58. The normalized spacial score (nSPS) is 10.1. The van der Waals surface area contributed by atoms with Gasteiger partial charge in [-0.1, -0.05) is 18.2 Å². The maximum absolute atomic E-state index is 12.5. The highest BCUT2D eigenvalue weighted by Crippen LogP contribution is 2.19. The monoisotopic (exact) mass is 448 g/mol. The minimum Gasteiger partial charge on any atom is -0.497 e. The van der Waals surface area contributed by atoms with Crippen molar-refractivity contribution >= 4 is 29.3 Å². The van der Waals surface area contributed by atoms with Crippen molar-refractivity contribution in [3.63, 3.8) is 0 Å². The third-order valence-electron chi connectivity index (χ3n) is 4.48. The molecule has 0 bridgehead atoms. The van der Waals surface area contributed by atoms with E-state index in [1.807, 2.05) is 18.2 Å². The average molecular weight is 448 g/mol. The van der Waals surface area contributed by atoms with Gasteiger partial charge in [0, 0.05) is 16.9 Å². The Morgan fingerprint density at radius 1 is 0.818 bits per heavy atom. The first-order chi connectivity index (χ1) is 16.0. The highest BCUT2D eigenvalue weighted by Gasteiger charge is 2.10. The number of hydrogen-bond donors (Lipinski definition) is 2. The molecule has 2 amide bonds. The summed E-state index contributed by atoms with van der Waals surface area (Å²) < 4.78 is 14.9. The summed E-state index contributed by atoms with van der Waals surface area (Å²) in [5.41, 5.74) is 2.27. The zero-order valence-electron chi connectivity index (χ0n) is 18.3. The molecule has 0 aromatic heterocycles. The molecule has 0 heterocycles. The summed E-state index contributed by atoms with van der Waals surface area (Å²) in [5, 5.41) is 5.60. The van der Waals surface area contributed by atoms with Crippen LogP contribution in [0.25, 0.3) is 0 Å². The standard InChI is InChI=1S/C25H24N2O6/c1-3-32-25(30)33-21-12-10-18(11-13-21)24(29)27-20-8-5-7-19(16-20)26-23(28)15-17-6-4-9-22(14-17)31-2/h4-14,16H,3,15H2,1-2H3,(H,26,28)(H,27,29). The molecule has 0 fully saturated rings. The molecule has 3 aromatic carbocycles. The van der Waals surface area contributed by atoms with Gasteiger partial charge >= 0.3 is 6.16 Å². The number of carbonyl (C=O) groups is 3. The molecule has 8 heteroatoms. The van der Waals surface area contributed by atoms with Crippen molar-refractivity contribution < 1.29 is 28.6 Å². The van der Waals surface area contributed by atoms with Gasteiger partial charge in [-0.15, -0.1) is 0 Å². The molecular formula is C25H24N2O6. The van der Waals surface area contributed by atoms with E-state index in [4.69, 9.17) is 14.2 Å². The molecule has 0 spiro atoms. The number of anilines is 2. The van der Waals surface area contributed by atoms with E-state index >= 15 is 0 Å². The molecule has 0 saturated heterocycles. The molecule has 33 heavy (non-hydrogen) atoms. The molecule has 170 valence electrons. The van der Waals surface area contributed by atoms with Gasteiger partial charge in [0.2, 0.25) is 5.91 Å². The predicted molar refractivity (Wildman–Crippen MR) is 124 cm³/mol. The Bertz CT molecular complexity index is 1130. The second-order valence-electron chi connectivity index (χ2n) is 6.92. The van der Waals surface area contributed by atoms with Crippen molar-refractivity contribution in [1.82, 2.24) is 0 Å². The van der Waals surface area contributed by atoms with E-state index in [0.29, 0.717) is 22.7 Å². The summed E-state index contributed by atoms with van der Waals surface area (Å²) in [6, 6.07) is 20.2. The van der Waals surface area contributed by atoms with E-state index in [1.54, 1.807) is 44.4 Å². The zero-order chi connectivity index (χ0) is 23.6. The molecule has 0 saturated carbocycles. The lowest BCUT2D eigenvalue weighted by Crippen LogP contribution is -2.15. The minimum atomic E-state index is -0.806. The number of nitrogens with one attached hydrogen (secondary N) is 2. The molecule has 8 nitrogen and oxygen atoms in total. The first-order valence-electron chi connectivity index (χ1n) is 10.3. The molecule has 0 atom stereocenters. The van der Waals surface area contributed by atoms with Crippen molar-refractivity contribution in [1.29, 1.82) is 0 Å². The van der Waals surface area contributed by atoms with Crippen molar-refractivity contribution in [2.75, 3.05) is 24.4 Å². The number of carbonyl (C=O) groups excluding carboxylic acids is 3. The summed E-state index contributed by atoms with van der Waals surface area (Å²) in [6.07, 6.45) is -0.617. The first kappa shape index (κ1) is 23.3. The second-order valence-corrected chi connectivity index (χ2v) is 6.92. The smallest absolute Gasteiger partial charge is 0.497 e. The van der Waals surface area contributed by atoms with Crippen LogP contribution in [0.3, 0.4) is 0 Å². The molecule has 0 unspecified atom stereocenters. The lowest BCUT2D eigenvalue weighted by Gasteiger charge is -2.10. The topological polar surface area (TPSA) is 103 Å². The van der Waals surface area contributed by atoms with Gasteiger partial charge in [-0.05, 0) is 67.1 Å². The van der Waals surface area contributed by atoms with E-state index in [9.17, 15) is 14.4 Å². The summed E-state index contributed by atoms with van der Waals surface area (Å²) in [6.45, 7) is 1.88. The minimum absolute atomic E-state index is 0.188. The lowest BCUT2D eigenvalue weighted by atomic mass is 10.1. The molecule has 3 aromatic rings. The Labute approximate surface area is 191 Å². The van der Waals surface area contributed by atoms with E-state index in [1.165, 1.54) is 24.3 Å². The van der Waals surface area contributed by atoms with Gasteiger partial charge in [0.25, 0.3) is 5.91 Å². The number of rotatable bonds is 8. The Morgan fingerprint density at radius 3 is 2.21 bits per heavy atom. The van der Waals surface area contributed by atoms with Crippen LogP contribution in [0.2, 0.25) is 0 Å². The third kappa shape index (κ3) is 7.10.